The first-order valence-electron chi connectivity index (χ1n) is 7.88. The Hall–Kier alpha value is -2.12. The monoisotopic (exact) mass is 318 g/mol. The first kappa shape index (κ1) is 14.5. The summed E-state index contributed by atoms with van der Waals surface area (Å²) in [5.41, 5.74) is 0.279. The summed E-state index contributed by atoms with van der Waals surface area (Å²) in [6, 6.07) is 5.07. The molecule has 0 N–H and O–H groups in total. The molecular weight excluding hydrogens is 300 g/mol. The molecule has 1 amide bonds. The Morgan fingerprint density at radius 1 is 1.22 bits per heavy atom. The third-order valence-corrected chi connectivity index (χ3v) is 4.27. The van der Waals surface area contributed by atoms with Crippen LogP contribution in [0.25, 0.3) is 11.5 Å². The zero-order valence-corrected chi connectivity index (χ0v) is 12.6. The second-order valence-corrected chi connectivity index (χ2v) is 5.73. The molecular formula is C16H18N2O5. The molecule has 0 spiro atoms. The third kappa shape index (κ3) is 2.77. The Bertz CT molecular complexity index is 660. The summed E-state index contributed by atoms with van der Waals surface area (Å²) in [7, 11) is 0. The fourth-order valence-corrected chi connectivity index (χ4v) is 3.15. The molecule has 2 aromatic heterocycles. The van der Waals surface area contributed by atoms with Crippen LogP contribution in [0.5, 0.6) is 0 Å². The molecule has 4 heterocycles. The first-order chi connectivity index (χ1) is 11.3. The van der Waals surface area contributed by atoms with Gasteiger partial charge < -0.3 is 23.3 Å². The maximum Gasteiger partial charge on any atom is 0.276 e. The summed E-state index contributed by atoms with van der Waals surface area (Å²) in [5.74, 6) is 0.838. The van der Waals surface area contributed by atoms with Crippen molar-refractivity contribution in [3.05, 3.63) is 30.2 Å². The summed E-state index contributed by atoms with van der Waals surface area (Å²) in [5, 5.41) is 3.90. The summed E-state index contributed by atoms with van der Waals surface area (Å²) in [6.07, 6.45) is 4.12. The Labute approximate surface area is 133 Å². The van der Waals surface area contributed by atoms with E-state index in [1.807, 2.05) is 0 Å². The van der Waals surface area contributed by atoms with Crippen LogP contribution in [0.3, 0.4) is 0 Å². The largest absolute Gasteiger partial charge is 0.461 e. The quantitative estimate of drug-likeness (QED) is 0.864. The normalized spacial score (nSPS) is 22.6. The number of hydrogen-bond acceptors (Lipinski definition) is 6. The van der Waals surface area contributed by atoms with Crippen LogP contribution >= 0.6 is 0 Å². The van der Waals surface area contributed by atoms with E-state index in [0.717, 1.165) is 19.3 Å². The second-order valence-electron chi connectivity index (χ2n) is 5.73. The highest BCUT2D eigenvalue weighted by Gasteiger charge is 2.37. The van der Waals surface area contributed by atoms with Crippen molar-refractivity contribution in [3.63, 3.8) is 0 Å². The standard InChI is InChI=1S/C16H18N2O5/c19-15(11-10-14(23-17-11)13-5-3-7-20-13)18-6-2-1-4-12(18)16-21-8-9-22-16/h3,5,7,10,12,16H,1-2,4,6,8-9H2/t12-/m0/s1. The number of carbonyl (C=O) groups is 1. The predicted molar refractivity (Wildman–Crippen MR) is 78.6 cm³/mol. The van der Waals surface area contributed by atoms with Crippen molar-refractivity contribution in [3.8, 4) is 11.5 Å². The van der Waals surface area contributed by atoms with E-state index in [2.05, 4.69) is 5.16 Å². The van der Waals surface area contributed by atoms with Gasteiger partial charge in [0.25, 0.3) is 5.91 Å². The fraction of sp³-hybridized carbons (Fsp3) is 0.500. The van der Waals surface area contributed by atoms with Crippen molar-refractivity contribution in [1.29, 1.82) is 0 Å². The third-order valence-electron chi connectivity index (χ3n) is 4.27. The van der Waals surface area contributed by atoms with Crippen LogP contribution in [-0.2, 0) is 9.47 Å². The van der Waals surface area contributed by atoms with Gasteiger partial charge >= 0.3 is 0 Å². The van der Waals surface area contributed by atoms with E-state index in [9.17, 15) is 4.79 Å². The van der Waals surface area contributed by atoms with Gasteiger partial charge in [0, 0.05) is 12.6 Å². The van der Waals surface area contributed by atoms with Gasteiger partial charge in [-0.3, -0.25) is 4.79 Å². The second kappa shape index (κ2) is 6.17. The highest BCUT2D eigenvalue weighted by molar-refractivity contribution is 5.93. The van der Waals surface area contributed by atoms with Gasteiger partial charge in [0.1, 0.15) is 0 Å². The molecule has 0 radical (unpaired) electrons. The molecule has 2 fully saturated rings. The molecule has 4 rings (SSSR count). The number of rotatable bonds is 3. The van der Waals surface area contributed by atoms with Crippen molar-refractivity contribution in [2.24, 2.45) is 0 Å². The Kier molecular flexibility index (Phi) is 3.88. The molecule has 0 aliphatic carbocycles. The maximum absolute atomic E-state index is 12.8. The number of ether oxygens (including phenoxy) is 2. The van der Waals surface area contributed by atoms with E-state index in [1.54, 1.807) is 29.4 Å². The number of aromatic nitrogens is 1. The van der Waals surface area contributed by atoms with E-state index in [1.165, 1.54) is 0 Å². The molecule has 0 saturated carbocycles. The molecule has 0 aromatic carbocycles. The van der Waals surface area contributed by atoms with Crippen LogP contribution in [0, 0.1) is 0 Å². The van der Waals surface area contributed by atoms with Crippen LogP contribution in [0.2, 0.25) is 0 Å². The Morgan fingerprint density at radius 2 is 2.09 bits per heavy atom. The average molecular weight is 318 g/mol. The molecule has 2 aliphatic heterocycles. The van der Waals surface area contributed by atoms with Gasteiger partial charge in [0.05, 0.1) is 25.5 Å². The Morgan fingerprint density at radius 3 is 2.87 bits per heavy atom. The minimum atomic E-state index is -0.337. The molecule has 122 valence electrons. The van der Waals surface area contributed by atoms with Crippen LogP contribution < -0.4 is 0 Å². The highest BCUT2D eigenvalue weighted by atomic mass is 16.7. The number of piperidine rings is 1. The van der Waals surface area contributed by atoms with Crippen LogP contribution in [0.15, 0.2) is 33.4 Å². The lowest BCUT2D eigenvalue weighted by atomic mass is 10.0. The Balaban J connectivity index is 1.54. The fourth-order valence-electron chi connectivity index (χ4n) is 3.15. The smallest absolute Gasteiger partial charge is 0.276 e. The van der Waals surface area contributed by atoms with Crippen molar-refractivity contribution in [2.75, 3.05) is 19.8 Å². The van der Waals surface area contributed by atoms with Gasteiger partial charge in [-0.05, 0) is 31.4 Å². The summed E-state index contributed by atoms with van der Waals surface area (Å²) >= 11 is 0. The van der Waals surface area contributed by atoms with Gasteiger partial charge in [0.2, 0.25) is 5.76 Å². The molecule has 2 aliphatic rings. The lowest BCUT2D eigenvalue weighted by molar-refractivity contribution is -0.100. The number of hydrogen-bond donors (Lipinski definition) is 0. The summed E-state index contributed by atoms with van der Waals surface area (Å²) in [4.78, 5) is 14.6. The average Bonchev–Trinajstić information content (AvgIpc) is 3.35. The summed E-state index contributed by atoms with van der Waals surface area (Å²) in [6.45, 7) is 1.83. The van der Waals surface area contributed by atoms with Gasteiger partial charge in [-0.15, -0.1) is 0 Å². The highest BCUT2D eigenvalue weighted by Crippen LogP contribution is 2.27. The lowest BCUT2D eigenvalue weighted by Gasteiger charge is -2.37. The van der Waals surface area contributed by atoms with E-state index < -0.39 is 0 Å². The van der Waals surface area contributed by atoms with Gasteiger partial charge in [-0.25, -0.2) is 0 Å². The van der Waals surface area contributed by atoms with Gasteiger partial charge in [0.15, 0.2) is 17.7 Å². The van der Waals surface area contributed by atoms with Crippen molar-refractivity contribution >= 4 is 5.91 Å². The van der Waals surface area contributed by atoms with E-state index in [-0.39, 0.29) is 23.9 Å². The van der Waals surface area contributed by atoms with Crippen molar-refractivity contribution < 1.29 is 23.2 Å². The zero-order valence-electron chi connectivity index (χ0n) is 12.6. The number of likely N-dealkylation sites (tertiary alicyclic amines) is 1. The van der Waals surface area contributed by atoms with Gasteiger partial charge in [-0.2, -0.15) is 0 Å². The van der Waals surface area contributed by atoms with Crippen LogP contribution in [0.1, 0.15) is 29.8 Å². The SMILES string of the molecule is O=C(c1cc(-c2ccco2)on1)N1CCCC[C@H]1C1OCCO1. The molecule has 0 unspecified atom stereocenters. The minimum Gasteiger partial charge on any atom is -0.461 e. The molecule has 1 atom stereocenters. The summed E-state index contributed by atoms with van der Waals surface area (Å²) < 4.78 is 21.7. The molecule has 7 nitrogen and oxygen atoms in total. The first-order valence-corrected chi connectivity index (χ1v) is 7.88. The van der Waals surface area contributed by atoms with Crippen LogP contribution in [-0.4, -0.2) is 48.1 Å². The molecule has 2 saturated heterocycles. The minimum absolute atomic E-state index is 0.0671. The van der Waals surface area contributed by atoms with Gasteiger partial charge in [-0.1, -0.05) is 5.16 Å². The zero-order chi connectivity index (χ0) is 15.6. The van der Waals surface area contributed by atoms with E-state index >= 15 is 0 Å². The van der Waals surface area contributed by atoms with E-state index in [0.29, 0.717) is 31.3 Å². The number of carbonyl (C=O) groups excluding carboxylic acids is 1. The van der Waals surface area contributed by atoms with Crippen molar-refractivity contribution in [2.45, 2.75) is 31.6 Å². The molecule has 2 aromatic rings. The van der Waals surface area contributed by atoms with E-state index in [4.69, 9.17) is 18.4 Å². The number of amides is 1. The lowest BCUT2D eigenvalue weighted by Crippen LogP contribution is -2.50. The van der Waals surface area contributed by atoms with Crippen molar-refractivity contribution in [1.82, 2.24) is 10.1 Å². The molecule has 23 heavy (non-hydrogen) atoms. The van der Waals surface area contributed by atoms with Crippen LogP contribution in [0.4, 0.5) is 0 Å². The number of furan rings is 1. The molecule has 7 heteroatoms. The predicted octanol–water partition coefficient (Wildman–Crippen LogP) is 2.30. The molecule has 0 bridgehead atoms. The number of nitrogens with zero attached hydrogens (tertiary/aromatic N) is 2. The topological polar surface area (TPSA) is 77.9 Å². The maximum atomic E-state index is 12.8.